The second kappa shape index (κ2) is 8.63. The number of hydrogen-bond acceptors (Lipinski definition) is 6. The predicted molar refractivity (Wildman–Crippen MR) is 99.4 cm³/mol. The number of aromatic nitrogens is 3. The van der Waals surface area contributed by atoms with Gasteiger partial charge < -0.3 is 15.4 Å². The molecule has 0 aliphatic heterocycles. The Morgan fingerprint density at radius 3 is 2.64 bits per heavy atom. The predicted octanol–water partition coefficient (Wildman–Crippen LogP) is 3.67. The van der Waals surface area contributed by atoms with Gasteiger partial charge in [0.15, 0.2) is 5.82 Å². The van der Waals surface area contributed by atoms with Gasteiger partial charge >= 0.3 is 0 Å². The van der Waals surface area contributed by atoms with E-state index in [1.807, 2.05) is 30.3 Å². The maximum Gasteiger partial charge on any atom is 0.244 e. The van der Waals surface area contributed by atoms with Crippen molar-refractivity contribution >= 4 is 17.5 Å². The molecule has 128 valence electrons. The molecule has 0 saturated heterocycles. The van der Waals surface area contributed by atoms with Crippen LogP contribution in [-0.4, -0.2) is 28.8 Å². The highest BCUT2D eigenvalue weighted by Gasteiger charge is 2.05. The minimum Gasteiger partial charge on any atom is -0.495 e. The average Bonchev–Trinajstić information content (AvgIpc) is 2.67. The van der Waals surface area contributed by atoms with E-state index in [4.69, 9.17) is 4.74 Å². The smallest absolute Gasteiger partial charge is 0.244 e. The molecule has 0 unspecified atom stereocenters. The number of hydrogen-bond donors (Lipinski definition) is 2. The van der Waals surface area contributed by atoms with Crippen LogP contribution in [0.15, 0.2) is 60.8 Å². The molecule has 0 radical (unpaired) electrons. The standard InChI is InChI=1S/C19H21N5O/c1-25-17-12-6-5-11-16(17)22-18-14-21-24-19(23-18)20-13-7-10-15-8-3-2-4-9-15/h2-6,8-9,11-12,14H,7,10,13H2,1H3,(H2,20,22,23,24). The van der Waals surface area contributed by atoms with Gasteiger partial charge in [-0.2, -0.15) is 10.1 Å². The van der Waals surface area contributed by atoms with E-state index in [1.165, 1.54) is 5.56 Å². The lowest BCUT2D eigenvalue weighted by Crippen LogP contribution is -2.08. The summed E-state index contributed by atoms with van der Waals surface area (Å²) in [6, 6.07) is 18.1. The van der Waals surface area contributed by atoms with E-state index >= 15 is 0 Å². The summed E-state index contributed by atoms with van der Waals surface area (Å²) in [5, 5.41) is 14.4. The number of aryl methyl sites for hydroxylation is 1. The number of methoxy groups -OCH3 is 1. The van der Waals surface area contributed by atoms with Crippen LogP contribution in [0.25, 0.3) is 0 Å². The Kier molecular flexibility index (Phi) is 5.77. The number of benzene rings is 2. The van der Waals surface area contributed by atoms with Crippen LogP contribution in [0.3, 0.4) is 0 Å². The van der Waals surface area contributed by atoms with E-state index in [-0.39, 0.29) is 0 Å². The first kappa shape index (κ1) is 16.7. The summed E-state index contributed by atoms with van der Waals surface area (Å²) >= 11 is 0. The van der Waals surface area contributed by atoms with Crippen LogP contribution >= 0.6 is 0 Å². The molecule has 0 fully saturated rings. The second-order valence-electron chi connectivity index (χ2n) is 5.51. The first-order chi connectivity index (χ1) is 12.3. The molecule has 6 heteroatoms. The van der Waals surface area contributed by atoms with Crippen molar-refractivity contribution < 1.29 is 4.74 Å². The van der Waals surface area contributed by atoms with Gasteiger partial charge in [-0.25, -0.2) is 0 Å². The Bertz CT molecular complexity index is 795. The maximum absolute atomic E-state index is 5.33. The molecule has 0 aliphatic rings. The summed E-state index contributed by atoms with van der Waals surface area (Å²) in [6.45, 7) is 0.786. The third kappa shape index (κ3) is 4.91. The van der Waals surface area contributed by atoms with E-state index in [9.17, 15) is 0 Å². The van der Waals surface area contributed by atoms with Gasteiger partial charge in [-0.15, -0.1) is 5.10 Å². The third-order valence-corrected chi connectivity index (χ3v) is 3.70. The van der Waals surface area contributed by atoms with Crippen LogP contribution in [-0.2, 0) is 6.42 Å². The fraction of sp³-hybridized carbons (Fsp3) is 0.211. The summed E-state index contributed by atoms with van der Waals surface area (Å²) < 4.78 is 5.33. The van der Waals surface area contributed by atoms with E-state index in [2.05, 4.69) is 50.1 Å². The third-order valence-electron chi connectivity index (χ3n) is 3.70. The molecule has 0 aliphatic carbocycles. The van der Waals surface area contributed by atoms with Gasteiger partial charge in [-0.3, -0.25) is 0 Å². The van der Waals surface area contributed by atoms with Crippen molar-refractivity contribution in [1.82, 2.24) is 15.2 Å². The molecule has 0 atom stereocenters. The second-order valence-corrected chi connectivity index (χ2v) is 5.51. The monoisotopic (exact) mass is 335 g/mol. The van der Waals surface area contributed by atoms with Crippen molar-refractivity contribution in [2.24, 2.45) is 0 Å². The Morgan fingerprint density at radius 1 is 1.00 bits per heavy atom. The molecule has 6 nitrogen and oxygen atoms in total. The maximum atomic E-state index is 5.33. The van der Waals surface area contributed by atoms with Gasteiger partial charge in [-0.05, 0) is 30.5 Å². The van der Waals surface area contributed by atoms with E-state index in [0.717, 1.165) is 30.8 Å². The summed E-state index contributed by atoms with van der Waals surface area (Å²) in [6.07, 6.45) is 3.60. The first-order valence-corrected chi connectivity index (χ1v) is 8.23. The zero-order valence-electron chi connectivity index (χ0n) is 14.1. The van der Waals surface area contributed by atoms with Crippen LogP contribution in [0.1, 0.15) is 12.0 Å². The zero-order valence-corrected chi connectivity index (χ0v) is 14.1. The van der Waals surface area contributed by atoms with E-state index in [0.29, 0.717) is 11.8 Å². The number of nitrogens with one attached hydrogen (secondary N) is 2. The minimum absolute atomic E-state index is 0.507. The Morgan fingerprint density at radius 2 is 1.80 bits per heavy atom. The summed E-state index contributed by atoms with van der Waals surface area (Å²) in [4.78, 5) is 4.44. The molecule has 0 bridgehead atoms. The van der Waals surface area contributed by atoms with Crippen LogP contribution in [0.4, 0.5) is 17.5 Å². The van der Waals surface area contributed by atoms with Crippen molar-refractivity contribution in [2.75, 3.05) is 24.3 Å². The quantitative estimate of drug-likeness (QED) is 0.612. The van der Waals surface area contributed by atoms with Gasteiger partial charge in [0.05, 0.1) is 19.0 Å². The van der Waals surface area contributed by atoms with Crippen molar-refractivity contribution in [2.45, 2.75) is 12.8 Å². The minimum atomic E-state index is 0.507. The highest BCUT2D eigenvalue weighted by Crippen LogP contribution is 2.25. The summed E-state index contributed by atoms with van der Waals surface area (Å²) in [5.41, 5.74) is 2.16. The average molecular weight is 335 g/mol. The Balaban J connectivity index is 1.54. The lowest BCUT2D eigenvalue weighted by molar-refractivity contribution is 0.417. The summed E-state index contributed by atoms with van der Waals surface area (Å²) in [5.74, 6) is 1.87. The molecule has 3 aromatic rings. The van der Waals surface area contributed by atoms with Crippen LogP contribution < -0.4 is 15.4 Å². The highest BCUT2D eigenvalue weighted by molar-refractivity contribution is 5.63. The molecule has 3 rings (SSSR count). The van der Waals surface area contributed by atoms with Gasteiger partial charge in [-0.1, -0.05) is 42.5 Å². The molecule has 2 N–H and O–H groups in total. The highest BCUT2D eigenvalue weighted by atomic mass is 16.5. The normalized spacial score (nSPS) is 10.3. The van der Waals surface area contributed by atoms with Gasteiger partial charge in [0.2, 0.25) is 5.95 Å². The lowest BCUT2D eigenvalue weighted by atomic mass is 10.1. The van der Waals surface area contributed by atoms with Crippen molar-refractivity contribution in [3.05, 3.63) is 66.4 Å². The number of anilines is 3. The number of nitrogens with zero attached hydrogens (tertiary/aromatic N) is 3. The molecule has 1 aromatic heterocycles. The molecular formula is C19H21N5O. The first-order valence-electron chi connectivity index (χ1n) is 8.23. The lowest BCUT2D eigenvalue weighted by Gasteiger charge is -2.10. The Hall–Kier alpha value is -3.15. The van der Waals surface area contributed by atoms with Crippen LogP contribution in [0, 0.1) is 0 Å². The summed E-state index contributed by atoms with van der Waals surface area (Å²) in [7, 11) is 1.64. The zero-order chi connectivity index (χ0) is 17.3. The van der Waals surface area contributed by atoms with E-state index < -0.39 is 0 Å². The topological polar surface area (TPSA) is 72.0 Å². The number of ether oxygens (including phenoxy) is 1. The SMILES string of the molecule is COc1ccccc1Nc1cnnc(NCCCc2ccccc2)n1. The van der Waals surface area contributed by atoms with Crippen molar-refractivity contribution in [3.8, 4) is 5.75 Å². The van der Waals surface area contributed by atoms with Gasteiger partial charge in [0.1, 0.15) is 5.75 Å². The molecule has 25 heavy (non-hydrogen) atoms. The molecule has 0 amide bonds. The number of para-hydroxylation sites is 2. The molecular weight excluding hydrogens is 314 g/mol. The fourth-order valence-electron chi connectivity index (χ4n) is 2.46. The number of rotatable bonds is 8. The fourth-order valence-corrected chi connectivity index (χ4v) is 2.46. The van der Waals surface area contributed by atoms with E-state index in [1.54, 1.807) is 13.3 Å². The molecule has 0 spiro atoms. The van der Waals surface area contributed by atoms with Crippen molar-refractivity contribution in [1.29, 1.82) is 0 Å². The van der Waals surface area contributed by atoms with Gasteiger partial charge in [0.25, 0.3) is 0 Å². The molecule has 0 saturated carbocycles. The Labute approximate surface area is 147 Å². The van der Waals surface area contributed by atoms with Crippen LogP contribution in [0.2, 0.25) is 0 Å². The van der Waals surface area contributed by atoms with Crippen LogP contribution in [0.5, 0.6) is 5.75 Å². The largest absolute Gasteiger partial charge is 0.495 e. The van der Waals surface area contributed by atoms with Crippen molar-refractivity contribution in [3.63, 3.8) is 0 Å². The molecule has 1 heterocycles. The van der Waals surface area contributed by atoms with Gasteiger partial charge in [0, 0.05) is 6.54 Å². The molecule has 2 aromatic carbocycles.